The Kier molecular flexibility index (Phi) is 26.2. The Bertz CT molecular complexity index is 806. The minimum absolute atomic E-state index is 0.0208. The topological polar surface area (TPSA) is 29.1 Å². The fourth-order valence-corrected chi connectivity index (χ4v) is 3.07. The van der Waals surface area contributed by atoms with Gasteiger partial charge in [-0.05, 0) is 52.0 Å². The second-order valence-corrected chi connectivity index (χ2v) is 8.58. The second kappa shape index (κ2) is 26.7. The first kappa shape index (κ1) is 35.3. The zero-order chi connectivity index (χ0) is 27.4. The van der Waals surface area contributed by atoms with Crippen molar-refractivity contribution in [1.29, 1.82) is 0 Å². The summed E-state index contributed by atoms with van der Waals surface area (Å²) >= 11 is 0. The van der Waals surface area contributed by atoms with Crippen LogP contribution in [0.1, 0.15) is 90.7 Å². The van der Waals surface area contributed by atoms with E-state index in [1.807, 2.05) is 70.2 Å². The summed E-state index contributed by atoms with van der Waals surface area (Å²) in [6.45, 7) is 20.2. The summed E-state index contributed by atoms with van der Waals surface area (Å²) in [5.41, 5.74) is 4.75. The van der Waals surface area contributed by atoms with Crippen LogP contribution in [0.2, 0.25) is 0 Å². The molecule has 0 spiro atoms. The van der Waals surface area contributed by atoms with Gasteiger partial charge < -0.3 is 5.32 Å². The predicted molar refractivity (Wildman–Crippen MR) is 163 cm³/mol. The number of hydrogen-bond donors (Lipinski definition) is 1. The van der Waals surface area contributed by atoms with Gasteiger partial charge in [0, 0.05) is 12.1 Å². The van der Waals surface area contributed by atoms with E-state index >= 15 is 0 Å². The summed E-state index contributed by atoms with van der Waals surface area (Å²) in [7, 11) is 0. The van der Waals surface area contributed by atoms with Crippen molar-refractivity contribution in [2.45, 2.75) is 92.9 Å². The van der Waals surface area contributed by atoms with Crippen molar-refractivity contribution in [1.82, 2.24) is 5.32 Å². The maximum atomic E-state index is 11.7. The fourth-order valence-electron chi connectivity index (χ4n) is 3.07. The molecule has 0 radical (unpaired) electrons. The minimum atomic E-state index is 0.0208. The number of carbonyl (C=O) groups is 1. The largest absolute Gasteiger partial charge is 0.352 e. The molecule has 0 unspecified atom stereocenters. The van der Waals surface area contributed by atoms with Gasteiger partial charge >= 0.3 is 0 Å². The molecule has 0 atom stereocenters. The minimum Gasteiger partial charge on any atom is -0.352 e. The number of hydrogen-bond acceptors (Lipinski definition) is 1. The first-order valence-corrected chi connectivity index (χ1v) is 13.7. The zero-order valence-corrected chi connectivity index (χ0v) is 24.1. The lowest BCUT2D eigenvalue weighted by Crippen LogP contribution is -2.25. The van der Waals surface area contributed by atoms with Crippen molar-refractivity contribution in [3.8, 4) is 0 Å². The van der Waals surface area contributed by atoms with Crippen molar-refractivity contribution >= 4 is 5.91 Å². The molecule has 0 saturated heterocycles. The summed E-state index contributed by atoms with van der Waals surface area (Å²) in [4.78, 5) is 11.7. The van der Waals surface area contributed by atoms with Crippen LogP contribution in [-0.4, -0.2) is 12.5 Å². The van der Waals surface area contributed by atoms with Gasteiger partial charge in [0.1, 0.15) is 0 Å². The third-order valence-corrected chi connectivity index (χ3v) is 5.14. The molecule has 0 fully saturated rings. The number of aryl methyl sites for hydroxylation is 2. The summed E-state index contributed by atoms with van der Waals surface area (Å²) in [6.07, 6.45) is 24.8. The molecule has 1 amide bonds. The van der Waals surface area contributed by atoms with Crippen molar-refractivity contribution in [2.24, 2.45) is 0 Å². The molecular formula is C34H53NO. The lowest BCUT2D eigenvalue weighted by atomic mass is 10.0. The molecule has 200 valence electrons. The van der Waals surface area contributed by atoms with Crippen LogP contribution in [-0.2, 0) is 11.2 Å². The lowest BCUT2D eigenvalue weighted by Gasteiger charge is -2.06. The molecule has 1 aromatic carbocycles. The van der Waals surface area contributed by atoms with Gasteiger partial charge in [-0.15, -0.1) is 6.58 Å². The first-order valence-electron chi connectivity index (χ1n) is 13.7. The maximum Gasteiger partial charge on any atom is 0.247 e. The van der Waals surface area contributed by atoms with Crippen LogP contribution in [0.5, 0.6) is 0 Å². The third-order valence-electron chi connectivity index (χ3n) is 5.14. The molecule has 2 heteroatoms. The Labute approximate surface area is 223 Å². The highest BCUT2D eigenvalue weighted by Gasteiger charge is 2.06. The van der Waals surface area contributed by atoms with Gasteiger partial charge in [0.25, 0.3) is 0 Å². The van der Waals surface area contributed by atoms with E-state index in [0.29, 0.717) is 13.0 Å². The Morgan fingerprint density at radius 1 is 1.03 bits per heavy atom. The van der Waals surface area contributed by atoms with E-state index in [2.05, 4.69) is 56.6 Å². The number of amides is 1. The smallest absolute Gasteiger partial charge is 0.247 e. The van der Waals surface area contributed by atoms with Gasteiger partial charge in [-0.1, -0.05) is 137 Å². The molecule has 0 bridgehead atoms. The molecule has 0 saturated carbocycles. The van der Waals surface area contributed by atoms with Gasteiger partial charge in [-0.25, -0.2) is 0 Å². The van der Waals surface area contributed by atoms with Crippen LogP contribution in [0.25, 0.3) is 0 Å². The van der Waals surface area contributed by atoms with E-state index in [1.165, 1.54) is 49.7 Å². The highest BCUT2D eigenvalue weighted by Crippen LogP contribution is 2.10. The zero-order valence-electron chi connectivity index (χ0n) is 24.1. The molecule has 1 aliphatic carbocycles. The molecule has 36 heavy (non-hydrogen) atoms. The molecular weight excluding hydrogens is 438 g/mol. The monoisotopic (exact) mass is 491 g/mol. The molecule has 2 rings (SSSR count). The third kappa shape index (κ3) is 22.9. The van der Waals surface area contributed by atoms with Crippen LogP contribution in [0.3, 0.4) is 0 Å². The molecule has 0 aliphatic heterocycles. The van der Waals surface area contributed by atoms with Gasteiger partial charge in [0.2, 0.25) is 5.91 Å². The van der Waals surface area contributed by atoms with E-state index in [1.54, 1.807) is 6.08 Å². The van der Waals surface area contributed by atoms with Crippen molar-refractivity contribution in [3.05, 3.63) is 108 Å². The standard InChI is InChI=1S/C14H22.C13H17NO.C5H8.C2H6/c1-3-4-5-6-7-8-14-11-9-13(2)10-12-14;1-11(2)9-10-14-13(15)12-7-5-3-4-6-8-12;1-3-5-4-2;1-2/h9-12H,3-8H2,1-2H3;3-7H,1,8-10H2,2H3,(H,14,15);3-5H,1H2,2H3;1-2H3/b;;5-4-;. The summed E-state index contributed by atoms with van der Waals surface area (Å²) in [6, 6.07) is 8.94. The highest BCUT2D eigenvalue weighted by molar-refractivity contribution is 5.94. The van der Waals surface area contributed by atoms with Gasteiger partial charge in [-0.3, -0.25) is 4.79 Å². The molecule has 1 N–H and O–H groups in total. The Morgan fingerprint density at radius 3 is 2.25 bits per heavy atom. The predicted octanol–water partition coefficient (Wildman–Crippen LogP) is 9.79. The van der Waals surface area contributed by atoms with E-state index in [-0.39, 0.29) is 5.91 Å². The average molecular weight is 492 g/mol. The normalized spacial score (nSPS) is 11.4. The fraction of sp³-hybridized carbons (Fsp3) is 0.441. The van der Waals surface area contributed by atoms with Crippen LogP contribution in [0, 0.1) is 6.92 Å². The number of unbranched alkanes of at least 4 members (excludes halogenated alkanes) is 4. The molecule has 1 aromatic rings. The Balaban J connectivity index is 0. The quantitative estimate of drug-likeness (QED) is 0.186. The number of rotatable bonds is 11. The Morgan fingerprint density at radius 2 is 1.69 bits per heavy atom. The van der Waals surface area contributed by atoms with Crippen molar-refractivity contribution < 1.29 is 4.79 Å². The van der Waals surface area contributed by atoms with Crippen LogP contribution < -0.4 is 5.32 Å². The first-order chi connectivity index (χ1) is 17.4. The van der Waals surface area contributed by atoms with E-state index in [4.69, 9.17) is 0 Å². The van der Waals surface area contributed by atoms with Crippen LogP contribution >= 0.6 is 0 Å². The lowest BCUT2D eigenvalue weighted by molar-refractivity contribution is -0.117. The number of carbonyl (C=O) groups excluding carboxylic acids is 1. The summed E-state index contributed by atoms with van der Waals surface area (Å²) in [5, 5.41) is 2.88. The number of nitrogens with one attached hydrogen (secondary N) is 1. The molecule has 0 heterocycles. The van der Waals surface area contributed by atoms with Gasteiger partial charge in [-0.2, -0.15) is 0 Å². The highest BCUT2D eigenvalue weighted by atomic mass is 16.1. The van der Waals surface area contributed by atoms with Crippen LogP contribution in [0.4, 0.5) is 0 Å². The average Bonchev–Trinajstić information content (AvgIpc) is 3.17. The van der Waals surface area contributed by atoms with Crippen molar-refractivity contribution in [3.63, 3.8) is 0 Å². The number of benzene rings is 1. The van der Waals surface area contributed by atoms with Gasteiger partial charge in [0.15, 0.2) is 0 Å². The maximum absolute atomic E-state index is 11.7. The molecule has 1 aliphatic rings. The summed E-state index contributed by atoms with van der Waals surface area (Å²) < 4.78 is 0. The second-order valence-electron chi connectivity index (χ2n) is 8.58. The molecule has 0 aromatic heterocycles. The van der Waals surface area contributed by atoms with E-state index in [9.17, 15) is 4.79 Å². The van der Waals surface area contributed by atoms with Crippen molar-refractivity contribution in [2.75, 3.05) is 6.54 Å². The number of allylic oxidation sites excluding steroid dienone is 8. The Hall–Kier alpha value is -2.87. The van der Waals surface area contributed by atoms with Gasteiger partial charge in [0.05, 0.1) is 0 Å². The van der Waals surface area contributed by atoms with E-state index < -0.39 is 0 Å². The van der Waals surface area contributed by atoms with Crippen LogP contribution in [0.15, 0.2) is 97.2 Å². The summed E-state index contributed by atoms with van der Waals surface area (Å²) in [5.74, 6) is 0.0208. The molecule has 2 nitrogen and oxygen atoms in total. The van der Waals surface area contributed by atoms with E-state index in [0.717, 1.165) is 17.6 Å². The SMILES string of the molecule is C=C(C)CCNC(=O)C1=CC=CC=CC1.C=C/C=C\C.CC.CCCCCCCc1ccc(C)cc1.